The molecule has 0 aliphatic carbocycles. The second kappa shape index (κ2) is 5.22. The maximum Gasteiger partial charge on any atom is 0.143 e. The van der Waals surface area contributed by atoms with Crippen LogP contribution in [0.4, 0.5) is 10.1 Å². The highest BCUT2D eigenvalue weighted by Crippen LogP contribution is 2.26. The van der Waals surface area contributed by atoms with Crippen LogP contribution in [-0.4, -0.2) is 17.5 Å². The van der Waals surface area contributed by atoms with Gasteiger partial charge in [0.05, 0.1) is 5.56 Å². The number of nitrogens with one attached hydrogen (secondary N) is 1. The lowest BCUT2D eigenvalue weighted by atomic mass is 10.2. The number of halogens is 1. The first-order chi connectivity index (χ1) is 7.79. The first-order valence-electron chi connectivity index (χ1n) is 5.35. The Morgan fingerprint density at radius 1 is 1.56 bits per heavy atom. The average Bonchev–Trinajstić information content (AvgIpc) is 2.79. The van der Waals surface area contributed by atoms with E-state index >= 15 is 0 Å². The number of anilines is 1. The number of hydrogen-bond acceptors (Lipinski definition) is 3. The summed E-state index contributed by atoms with van der Waals surface area (Å²) in [5.41, 5.74) is 0.852. The van der Waals surface area contributed by atoms with Crippen LogP contribution in [0.25, 0.3) is 0 Å². The minimum Gasteiger partial charge on any atom is -0.384 e. The monoisotopic (exact) mass is 236 g/mol. The summed E-state index contributed by atoms with van der Waals surface area (Å²) in [5, 5.41) is 12.4. The maximum absolute atomic E-state index is 13.3. The quantitative estimate of drug-likeness (QED) is 0.876. The first-order valence-corrected chi connectivity index (χ1v) is 6.39. The lowest BCUT2D eigenvalue weighted by Crippen LogP contribution is -2.13. The summed E-state index contributed by atoms with van der Waals surface area (Å²) in [5.74, 6) is 0.778. The lowest BCUT2D eigenvalue weighted by Gasteiger charge is -2.11. The van der Waals surface area contributed by atoms with Gasteiger partial charge in [0, 0.05) is 17.5 Å². The Morgan fingerprint density at radius 2 is 2.44 bits per heavy atom. The van der Waals surface area contributed by atoms with E-state index in [4.69, 9.17) is 5.26 Å². The highest BCUT2D eigenvalue weighted by atomic mass is 32.2. The van der Waals surface area contributed by atoms with Crippen LogP contribution >= 0.6 is 11.8 Å². The highest BCUT2D eigenvalue weighted by molar-refractivity contribution is 8.00. The predicted octanol–water partition coefficient (Wildman–Crippen LogP) is 3.00. The van der Waals surface area contributed by atoms with E-state index in [1.54, 1.807) is 6.07 Å². The molecule has 1 aromatic carbocycles. The Labute approximate surface area is 98.8 Å². The molecular weight excluding hydrogens is 223 g/mol. The smallest absolute Gasteiger partial charge is 0.143 e. The Morgan fingerprint density at radius 3 is 3.06 bits per heavy atom. The molecule has 1 fully saturated rings. The molecule has 0 spiro atoms. The van der Waals surface area contributed by atoms with Crippen molar-refractivity contribution < 1.29 is 4.39 Å². The van der Waals surface area contributed by atoms with Crippen molar-refractivity contribution >= 4 is 17.4 Å². The average molecular weight is 236 g/mol. The molecule has 1 unspecified atom stereocenters. The van der Waals surface area contributed by atoms with E-state index < -0.39 is 5.82 Å². The number of thioether (sulfide) groups is 1. The second-order valence-corrected chi connectivity index (χ2v) is 5.23. The zero-order valence-electron chi connectivity index (χ0n) is 8.87. The van der Waals surface area contributed by atoms with E-state index in [1.807, 2.05) is 17.8 Å². The lowest BCUT2D eigenvalue weighted by molar-refractivity contribution is 0.624. The molecule has 1 aliphatic rings. The molecule has 1 N–H and O–H groups in total. The van der Waals surface area contributed by atoms with Crippen LogP contribution in [0, 0.1) is 17.1 Å². The molecular formula is C12H13FN2S. The van der Waals surface area contributed by atoms with Crippen LogP contribution in [0.15, 0.2) is 18.2 Å². The van der Waals surface area contributed by atoms with Gasteiger partial charge in [-0.15, -0.1) is 0 Å². The van der Waals surface area contributed by atoms with Crippen molar-refractivity contribution in [2.45, 2.75) is 18.1 Å². The first kappa shape index (κ1) is 11.3. The topological polar surface area (TPSA) is 35.8 Å². The summed E-state index contributed by atoms with van der Waals surface area (Å²) in [4.78, 5) is 0. The Balaban J connectivity index is 1.94. The van der Waals surface area contributed by atoms with Crippen molar-refractivity contribution in [1.82, 2.24) is 0 Å². The van der Waals surface area contributed by atoms with Gasteiger partial charge in [0.1, 0.15) is 11.9 Å². The third kappa shape index (κ3) is 2.67. The molecule has 0 radical (unpaired) electrons. The molecule has 2 nitrogen and oxygen atoms in total. The van der Waals surface area contributed by atoms with Crippen molar-refractivity contribution in [3.63, 3.8) is 0 Å². The molecule has 1 aromatic rings. The van der Waals surface area contributed by atoms with Crippen LogP contribution in [0.5, 0.6) is 0 Å². The Kier molecular flexibility index (Phi) is 3.68. The standard InChI is InChI=1S/C12H13FN2S/c13-12-6-10(4-3-9(12)7-14)15-8-11-2-1-5-16-11/h3-4,6,11,15H,1-2,5,8H2. The summed E-state index contributed by atoms with van der Waals surface area (Å²) in [7, 11) is 0. The zero-order valence-corrected chi connectivity index (χ0v) is 9.69. The van der Waals surface area contributed by atoms with Gasteiger partial charge in [-0.25, -0.2) is 4.39 Å². The van der Waals surface area contributed by atoms with Gasteiger partial charge in [-0.2, -0.15) is 17.0 Å². The van der Waals surface area contributed by atoms with Crippen molar-refractivity contribution in [3.8, 4) is 6.07 Å². The van der Waals surface area contributed by atoms with Gasteiger partial charge in [-0.3, -0.25) is 0 Å². The fraction of sp³-hybridized carbons (Fsp3) is 0.417. The van der Waals surface area contributed by atoms with Crippen molar-refractivity contribution in [1.29, 1.82) is 5.26 Å². The highest BCUT2D eigenvalue weighted by Gasteiger charge is 2.15. The minimum atomic E-state index is -0.452. The molecule has 1 saturated heterocycles. The second-order valence-electron chi connectivity index (χ2n) is 3.82. The van der Waals surface area contributed by atoms with E-state index in [0.717, 1.165) is 12.2 Å². The van der Waals surface area contributed by atoms with Crippen molar-refractivity contribution in [2.75, 3.05) is 17.6 Å². The number of benzene rings is 1. The Bertz CT molecular complexity index is 408. The number of nitriles is 1. The Hall–Kier alpha value is -1.21. The molecule has 4 heteroatoms. The third-order valence-corrected chi connectivity index (χ3v) is 4.05. The van der Waals surface area contributed by atoms with E-state index in [-0.39, 0.29) is 5.56 Å². The van der Waals surface area contributed by atoms with Crippen LogP contribution in [0.3, 0.4) is 0 Å². The number of nitrogens with zero attached hydrogens (tertiary/aromatic N) is 1. The van der Waals surface area contributed by atoms with E-state index in [9.17, 15) is 4.39 Å². The van der Waals surface area contributed by atoms with Gasteiger partial charge in [-0.05, 0) is 36.8 Å². The van der Waals surface area contributed by atoms with Gasteiger partial charge in [0.2, 0.25) is 0 Å². The molecule has 16 heavy (non-hydrogen) atoms. The largest absolute Gasteiger partial charge is 0.384 e. The molecule has 1 heterocycles. The van der Waals surface area contributed by atoms with Crippen molar-refractivity contribution in [3.05, 3.63) is 29.6 Å². The summed E-state index contributed by atoms with van der Waals surface area (Å²) < 4.78 is 13.3. The molecule has 2 rings (SSSR count). The number of rotatable bonds is 3. The molecule has 0 saturated carbocycles. The molecule has 0 aromatic heterocycles. The fourth-order valence-corrected chi connectivity index (χ4v) is 2.95. The maximum atomic E-state index is 13.3. The molecule has 1 atom stereocenters. The van der Waals surface area contributed by atoms with E-state index in [2.05, 4.69) is 5.32 Å². The summed E-state index contributed by atoms with van der Waals surface area (Å²) in [6.07, 6.45) is 2.51. The molecule has 0 bridgehead atoms. The SMILES string of the molecule is N#Cc1ccc(NCC2CCCS2)cc1F. The van der Waals surface area contributed by atoms with Crippen LogP contribution in [-0.2, 0) is 0 Å². The van der Waals surface area contributed by atoms with Crippen LogP contribution in [0.1, 0.15) is 18.4 Å². The number of hydrogen-bond donors (Lipinski definition) is 1. The van der Waals surface area contributed by atoms with Gasteiger partial charge >= 0.3 is 0 Å². The fourth-order valence-electron chi connectivity index (χ4n) is 1.75. The van der Waals surface area contributed by atoms with Gasteiger partial charge < -0.3 is 5.32 Å². The molecule has 84 valence electrons. The van der Waals surface area contributed by atoms with E-state index in [0.29, 0.717) is 5.25 Å². The van der Waals surface area contributed by atoms with Crippen LogP contribution in [0.2, 0.25) is 0 Å². The summed E-state index contributed by atoms with van der Waals surface area (Å²) in [6, 6.07) is 6.46. The van der Waals surface area contributed by atoms with Crippen molar-refractivity contribution in [2.24, 2.45) is 0 Å². The molecule has 0 amide bonds. The summed E-state index contributed by atoms with van der Waals surface area (Å²) >= 11 is 1.96. The van der Waals surface area contributed by atoms with Gasteiger partial charge in [0.15, 0.2) is 0 Å². The molecule has 1 aliphatic heterocycles. The third-order valence-electron chi connectivity index (χ3n) is 2.65. The predicted molar refractivity (Wildman–Crippen MR) is 65.1 cm³/mol. The normalized spacial score (nSPS) is 19.4. The zero-order chi connectivity index (χ0) is 11.4. The van der Waals surface area contributed by atoms with Gasteiger partial charge in [0.25, 0.3) is 0 Å². The van der Waals surface area contributed by atoms with Gasteiger partial charge in [-0.1, -0.05) is 0 Å². The van der Waals surface area contributed by atoms with Crippen LogP contribution < -0.4 is 5.32 Å². The minimum absolute atomic E-state index is 0.0980. The van der Waals surface area contributed by atoms with E-state index in [1.165, 1.54) is 30.7 Å². The summed E-state index contributed by atoms with van der Waals surface area (Å²) in [6.45, 7) is 0.871.